The van der Waals surface area contributed by atoms with Gasteiger partial charge in [0.1, 0.15) is 5.84 Å². The summed E-state index contributed by atoms with van der Waals surface area (Å²) in [5.74, 6) is -3.54. The molecule has 0 aliphatic carbocycles. The molecule has 1 aromatic carbocycles. The Labute approximate surface area is 222 Å². The number of benzene rings is 1. The number of allylic oxidation sites excluding steroid dienone is 1. The summed E-state index contributed by atoms with van der Waals surface area (Å²) in [5.41, 5.74) is -1.53. The lowest BCUT2D eigenvalue weighted by atomic mass is 9.93. The van der Waals surface area contributed by atoms with Crippen molar-refractivity contribution in [2.45, 2.75) is 50.9 Å². The zero-order chi connectivity index (χ0) is 28.3. The smallest absolute Gasteiger partial charge is 0.394 e. The number of rotatable bonds is 8. The van der Waals surface area contributed by atoms with Gasteiger partial charge in [-0.25, -0.2) is 8.78 Å². The molecule has 0 unspecified atom stereocenters. The summed E-state index contributed by atoms with van der Waals surface area (Å²) in [6, 6.07) is 1.48. The summed E-state index contributed by atoms with van der Waals surface area (Å²) in [7, 11) is 3.07. The molecule has 2 heterocycles. The third-order valence-electron chi connectivity index (χ3n) is 6.53. The van der Waals surface area contributed by atoms with Crippen LogP contribution >= 0.6 is 11.8 Å². The molecule has 13 heteroatoms. The fraction of sp³-hybridized carbons (Fsp3) is 0.560. The number of aliphatic hydroxyl groups is 1. The number of piperidine rings is 1. The molecule has 3 rings (SSSR count). The third kappa shape index (κ3) is 7.32. The second kappa shape index (κ2) is 12.1. The Balaban J connectivity index is 1.72. The molecular formula is C25H31F5N4O3S. The van der Waals surface area contributed by atoms with E-state index >= 15 is 0 Å². The Morgan fingerprint density at radius 1 is 1.26 bits per heavy atom. The second-order valence-corrected chi connectivity index (χ2v) is 10.5. The predicted molar refractivity (Wildman–Crippen MR) is 135 cm³/mol. The van der Waals surface area contributed by atoms with Gasteiger partial charge in [0.2, 0.25) is 5.91 Å². The number of thioether (sulfide) groups is 1. The van der Waals surface area contributed by atoms with E-state index in [0.717, 1.165) is 23.9 Å². The Morgan fingerprint density at radius 2 is 1.92 bits per heavy atom. The maximum absolute atomic E-state index is 14.6. The van der Waals surface area contributed by atoms with Crippen molar-refractivity contribution in [2.24, 2.45) is 10.9 Å². The normalized spacial score (nSPS) is 20.7. The number of amidine groups is 1. The van der Waals surface area contributed by atoms with Gasteiger partial charge in [0.15, 0.2) is 6.04 Å². The second-order valence-electron chi connectivity index (χ2n) is 9.50. The quantitative estimate of drug-likeness (QED) is 0.453. The molecule has 2 aliphatic rings. The summed E-state index contributed by atoms with van der Waals surface area (Å²) in [6.07, 6.45) is -2.18. The first-order chi connectivity index (χ1) is 17.7. The van der Waals surface area contributed by atoms with E-state index in [2.05, 4.69) is 10.3 Å². The van der Waals surface area contributed by atoms with Crippen LogP contribution < -0.4 is 5.32 Å². The van der Waals surface area contributed by atoms with Gasteiger partial charge in [0.05, 0.1) is 17.1 Å². The summed E-state index contributed by atoms with van der Waals surface area (Å²) in [5, 5.41) is 11.8. The maximum atomic E-state index is 14.6. The van der Waals surface area contributed by atoms with E-state index in [4.69, 9.17) is 0 Å². The van der Waals surface area contributed by atoms with Crippen molar-refractivity contribution in [1.82, 2.24) is 15.1 Å². The summed E-state index contributed by atoms with van der Waals surface area (Å²) < 4.78 is 68.6. The minimum atomic E-state index is -4.71. The van der Waals surface area contributed by atoms with Crippen LogP contribution in [-0.4, -0.2) is 71.7 Å². The van der Waals surface area contributed by atoms with Crippen LogP contribution in [-0.2, 0) is 23.4 Å². The highest BCUT2D eigenvalue weighted by Gasteiger charge is 2.37. The zero-order valence-electron chi connectivity index (χ0n) is 21.3. The molecule has 2 N–H and O–H groups in total. The zero-order valence-corrected chi connectivity index (χ0v) is 22.1. The number of nitrogens with one attached hydrogen (secondary N) is 1. The summed E-state index contributed by atoms with van der Waals surface area (Å²) >= 11 is 0.939. The summed E-state index contributed by atoms with van der Waals surface area (Å²) in [6.45, 7) is 1.85. The van der Waals surface area contributed by atoms with Crippen molar-refractivity contribution in [2.75, 3.05) is 33.8 Å². The summed E-state index contributed by atoms with van der Waals surface area (Å²) in [4.78, 5) is 32.2. The maximum Gasteiger partial charge on any atom is 0.416 e. The number of aliphatic hydroxyl groups excluding tert-OH is 1. The Bertz CT molecular complexity index is 1100. The van der Waals surface area contributed by atoms with Gasteiger partial charge < -0.3 is 15.3 Å². The number of likely N-dealkylation sites (tertiary alicyclic amines) is 1. The molecule has 0 bridgehead atoms. The number of likely N-dealkylation sites (N-methyl/N-ethyl adjacent to an activating group) is 1. The van der Waals surface area contributed by atoms with Crippen molar-refractivity contribution >= 4 is 28.7 Å². The highest BCUT2D eigenvalue weighted by molar-refractivity contribution is 8.18. The molecular weight excluding hydrogens is 531 g/mol. The minimum Gasteiger partial charge on any atom is -0.394 e. The van der Waals surface area contributed by atoms with Gasteiger partial charge >= 0.3 is 6.18 Å². The minimum absolute atomic E-state index is 0.0351. The predicted octanol–water partition coefficient (Wildman–Crippen LogP) is 4.61. The van der Waals surface area contributed by atoms with Crippen LogP contribution in [0.4, 0.5) is 26.7 Å². The number of nitrogens with zero attached hydrogens (tertiary/aromatic N) is 3. The molecule has 38 heavy (non-hydrogen) atoms. The van der Waals surface area contributed by atoms with E-state index in [0.29, 0.717) is 36.9 Å². The third-order valence-corrected chi connectivity index (χ3v) is 7.37. The number of aliphatic imine (C=N–C) groups is 1. The van der Waals surface area contributed by atoms with Gasteiger partial charge in [-0.05, 0) is 61.3 Å². The lowest BCUT2D eigenvalue weighted by Crippen LogP contribution is -2.36. The average molecular weight is 563 g/mol. The molecule has 2 fully saturated rings. The molecule has 7 nitrogen and oxygen atoms in total. The number of amides is 2. The van der Waals surface area contributed by atoms with E-state index in [1.807, 2.05) is 11.0 Å². The van der Waals surface area contributed by atoms with Crippen molar-refractivity contribution in [3.8, 4) is 0 Å². The topological polar surface area (TPSA) is 85.2 Å². The average Bonchev–Trinajstić information content (AvgIpc) is 3.20. The molecule has 2 saturated heterocycles. The lowest BCUT2D eigenvalue weighted by molar-refractivity contribution is -0.138. The van der Waals surface area contributed by atoms with Crippen molar-refractivity contribution in [1.29, 1.82) is 0 Å². The monoisotopic (exact) mass is 562 g/mol. The fourth-order valence-electron chi connectivity index (χ4n) is 4.32. The van der Waals surface area contributed by atoms with Gasteiger partial charge in [-0.2, -0.15) is 13.2 Å². The van der Waals surface area contributed by atoms with Crippen LogP contribution in [0.2, 0.25) is 0 Å². The van der Waals surface area contributed by atoms with E-state index in [-0.39, 0.29) is 29.1 Å². The molecule has 0 aromatic heterocycles. The molecule has 0 spiro atoms. The van der Waals surface area contributed by atoms with E-state index < -0.39 is 48.2 Å². The van der Waals surface area contributed by atoms with Crippen LogP contribution in [0.1, 0.15) is 42.9 Å². The van der Waals surface area contributed by atoms with Gasteiger partial charge in [-0.1, -0.05) is 19.1 Å². The highest BCUT2D eigenvalue weighted by atomic mass is 32.2. The van der Waals surface area contributed by atoms with E-state index in [9.17, 15) is 36.6 Å². The number of hydrogen-bond donors (Lipinski definition) is 2. The largest absolute Gasteiger partial charge is 0.416 e. The molecule has 2 aliphatic heterocycles. The number of halogens is 5. The van der Waals surface area contributed by atoms with Crippen LogP contribution in [0.5, 0.6) is 0 Å². The number of hydrogen-bond acceptors (Lipinski definition) is 6. The van der Waals surface area contributed by atoms with Crippen molar-refractivity contribution < 1.29 is 36.6 Å². The van der Waals surface area contributed by atoms with Gasteiger partial charge in [-0.15, -0.1) is 0 Å². The molecule has 0 saturated carbocycles. The van der Waals surface area contributed by atoms with Crippen LogP contribution in [0.3, 0.4) is 0 Å². The highest BCUT2D eigenvalue weighted by Crippen LogP contribution is 2.39. The lowest BCUT2D eigenvalue weighted by Gasteiger charge is -2.32. The molecule has 2 amide bonds. The van der Waals surface area contributed by atoms with E-state index in [1.165, 1.54) is 25.9 Å². The fourth-order valence-corrected chi connectivity index (χ4v) is 5.13. The van der Waals surface area contributed by atoms with Gasteiger partial charge in [-0.3, -0.25) is 19.5 Å². The number of carbonyl (C=O) groups excluding carboxylic acids is 2. The van der Waals surface area contributed by atoms with Crippen molar-refractivity contribution in [3.05, 3.63) is 45.9 Å². The molecule has 1 atom stereocenters. The molecule has 210 valence electrons. The van der Waals surface area contributed by atoms with Gasteiger partial charge in [0.25, 0.3) is 11.2 Å². The number of carbonyl (C=O) groups is 2. The SMILES string of the molecule is CCC(F)(F)c1cc(C(F)(F)F)ccc1CN1CCC(/C=C2\SC(=O)NC2=N[C@@H](CO)C(=O)N(C)C)CC1. The van der Waals surface area contributed by atoms with Gasteiger partial charge in [0, 0.05) is 32.6 Å². The molecule has 0 radical (unpaired) electrons. The Kier molecular flexibility index (Phi) is 9.58. The van der Waals surface area contributed by atoms with E-state index in [1.54, 1.807) is 0 Å². The Hall–Kier alpha value is -2.51. The first kappa shape index (κ1) is 30.0. The standard InChI is InChI=1S/C25H31F5N4O3S/c1-4-24(26,27)18-12-17(25(28,29)30)6-5-16(18)13-34-9-7-15(8-10-34)11-20-21(32-23(37)38-20)31-19(14-35)22(36)33(2)3/h5-6,11-12,15,19,35H,4,7-10,13-14H2,1-3H3,(H,31,32,37)/b20-11-/t19-/m0/s1. The van der Waals surface area contributed by atoms with Crippen LogP contribution in [0.25, 0.3) is 0 Å². The van der Waals surface area contributed by atoms with Crippen LogP contribution in [0.15, 0.2) is 34.2 Å². The molecule has 1 aromatic rings. The van der Waals surface area contributed by atoms with Crippen molar-refractivity contribution in [3.63, 3.8) is 0 Å². The number of alkyl halides is 5. The first-order valence-electron chi connectivity index (χ1n) is 12.2. The Morgan fingerprint density at radius 3 is 2.47 bits per heavy atom. The first-order valence-corrected chi connectivity index (χ1v) is 13.0. The van der Waals surface area contributed by atoms with Crippen LogP contribution in [0, 0.1) is 5.92 Å².